The lowest BCUT2D eigenvalue weighted by Crippen LogP contribution is -2.25. The molecule has 0 aliphatic heterocycles. The van der Waals surface area contributed by atoms with Crippen LogP contribution in [0.15, 0.2) is 30.5 Å². The van der Waals surface area contributed by atoms with Gasteiger partial charge >= 0.3 is 0 Å². The summed E-state index contributed by atoms with van der Waals surface area (Å²) in [6.07, 6.45) is 8.81. The Labute approximate surface area is 72.7 Å². The van der Waals surface area contributed by atoms with E-state index in [1.54, 1.807) is 0 Å². The van der Waals surface area contributed by atoms with E-state index >= 15 is 0 Å². The third-order valence-corrected chi connectivity index (χ3v) is 2.25. The fraction of sp³-hybridized carbons (Fsp3) is 0.400. The van der Waals surface area contributed by atoms with Crippen molar-refractivity contribution in [3.05, 3.63) is 36.2 Å². The van der Waals surface area contributed by atoms with Gasteiger partial charge in [-0.3, -0.25) is 0 Å². The zero-order valence-corrected chi connectivity index (χ0v) is 7.09. The van der Waals surface area contributed by atoms with Crippen LogP contribution in [0.2, 0.25) is 0 Å². The third-order valence-electron chi connectivity index (χ3n) is 2.25. The van der Waals surface area contributed by atoms with Crippen LogP contribution in [0.4, 0.5) is 0 Å². The van der Waals surface area contributed by atoms with Gasteiger partial charge in [0.05, 0.1) is 0 Å². The zero-order chi connectivity index (χ0) is 8.23. The van der Waals surface area contributed by atoms with Crippen LogP contribution in [-0.2, 0) is 6.54 Å². The normalized spacial score (nSPS) is 17.3. The summed E-state index contributed by atoms with van der Waals surface area (Å²) in [5.74, 6) is 0. The maximum Gasteiger partial charge on any atom is 0.0359 e. The molecule has 0 spiro atoms. The molecule has 0 radical (unpaired) electrons. The van der Waals surface area contributed by atoms with Crippen molar-refractivity contribution in [3.8, 4) is 0 Å². The van der Waals surface area contributed by atoms with E-state index in [1.807, 2.05) is 12.3 Å². The summed E-state index contributed by atoms with van der Waals surface area (Å²) in [6.45, 7) is 0.958. The largest absolute Gasteiger partial charge is 0.364 e. The molecular formula is C10H14N2. The molecule has 0 unspecified atom stereocenters. The minimum absolute atomic E-state index is 0.660. The first-order valence-electron chi connectivity index (χ1n) is 4.46. The Morgan fingerprint density at radius 3 is 2.92 bits per heavy atom. The van der Waals surface area contributed by atoms with E-state index in [0.29, 0.717) is 6.04 Å². The molecule has 0 aromatic carbocycles. The summed E-state index contributed by atoms with van der Waals surface area (Å²) in [5.41, 5.74) is 1.27. The standard InChI is InChI=1S/C10H14N2/c1-2-5-9(4-1)12-8-10-6-3-7-11-10/h1-3,6-7,9,11-12H,4-5,8H2. The lowest BCUT2D eigenvalue weighted by molar-refractivity contribution is 0.534. The topological polar surface area (TPSA) is 27.8 Å². The molecule has 1 heterocycles. The summed E-state index contributed by atoms with van der Waals surface area (Å²) >= 11 is 0. The van der Waals surface area contributed by atoms with Crippen molar-refractivity contribution in [2.45, 2.75) is 25.4 Å². The quantitative estimate of drug-likeness (QED) is 0.652. The average Bonchev–Trinajstić information content (AvgIpc) is 2.74. The van der Waals surface area contributed by atoms with Gasteiger partial charge in [-0.2, -0.15) is 0 Å². The highest BCUT2D eigenvalue weighted by molar-refractivity contribution is 5.04. The first-order valence-corrected chi connectivity index (χ1v) is 4.46. The van der Waals surface area contributed by atoms with Gasteiger partial charge in [0.2, 0.25) is 0 Å². The van der Waals surface area contributed by atoms with E-state index in [-0.39, 0.29) is 0 Å². The molecule has 2 rings (SSSR count). The Bertz CT molecular complexity index is 241. The second kappa shape index (κ2) is 3.59. The predicted molar refractivity (Wildman–Crippen MR) is 49.8 cm³/mol. The highest BCUT2D eigenvalue weighted by Crippen LogP contribution is 2.09. The van der Waals surface area contributed by atoms with Crippen LogP contribution >= 0.6 is 0 Å². The van der Waals surface area contributed by atoms with Crippen LogP contribution in [0.5, 0.6) is 0 Å². The Morgan fingerprint density at radius 1 is 1.42 bits per heavy atom. The molecule has 0 saturated heterocycles. The lowest BCUT2D eigenvalue weighted by Gasteiger charge is -2.10. The summed E-state index contributed by atoms with van der Waals surface area (Å²) in [6, 6.07) is 4.80. The fourth-order valence-corrected chi connectivity index (χ4v) is 1.52. The second-order valence-corrected chi connectivity index (χ2v) is 3.22. The summed E-state index contributed by atoms with van der Waals surface area (Å²) in [5, 5.41) is 3.49. The zero-order valence-electron chi connectivity index (χ0n) is 7.09. The van der Waals surface area contributed by atoms with E-state index in [9.17, 15) is 0 Å². The smallest absolute Gasteiger partial charge is 0.0359 e. The van der Waals surface area contributed by atoms with Gasteiger partial charge in [0.1, 0.15) is 0 Å². The number of rotatable bonds is 3. The molecule has 0 bridgehead atoms. The Hall–Kier alpha value is -1.02. The first kappa shape index (κ1) is 7.62. The fourth-order valence-electron chi connectivity index (χ4n) is 1.52. The molecule has 0 atom stereocenters. The molecule has 2 N–H and O–H groups in total. The molecule has 0 amide bonds. The van der Waals surface area contributed by atoms with Crippen LogP contribution < -0.4 is 5.32 Å². The van der Waals surface area contributed by atoms with Crippen LogP contribution in [0.25, 0.3) is 0 Å². The van der Waals surface area contributed by atoms with Crippen LogP contribution in [0, 0.1) is 0 Å². The number of hydrogen-bond acceptors (Lipinski definition) is 1. The molecule has 1 aliphatic carbocycles. The van der Waals surface area contributed by atoms with Gasteiger partial charge in [-0.15, -0.1) is 0 Å². The Morgan fingerprint density at radius 2 is 2.25 bits per heavy atom. The molecule has 1 aromatic heterocycles. The van der Waals surface area contributed by atoms with Gasteiger partial charge in [-0.05, 0) is 25.0 Å². The van der Waals surface area contributed by atoms with Gasteiger partial charge in [-0.1, -0.05) is 12.2 Å². The minimum atomic E-state index is 0.660. The Kier molecular flexibility index (Phi) is 2.28. The van der Waals surface area contributed by atoms with E-state index in [2.05, 4.69) is 28.5 Å². The van der Waals surface area contributed by atoms with Crippen LogP contribution in [0.1, 0.15) is 18.5 Å². The molecule has 2 nitrogen and oxygen atoms in total. The summed E-state index contributed by atoms with van der Waals surface area (Å²) in [4.78, 5) is 3.18. The maximum absolute atomic E-state index is 3.49. The molecule has 64 valence electrons. The van der Waals surface area contributed by atoms with Gasteiger partial charge in [0.25, 0.3) is 0 Å². The van der Waals surface area contributed by atoms with Crippen molar-refractivity contribution >= 4 is 0 Å². The molecule has 0 fully saturated rings. The highest BCUT2D eigenvalue weighted by Gasteiger charge is 2.08. The van der Waals surface area contributed by atoms with Crippen molar-refractivity contribution < 1.29 is 0 Å². The molecule has 1 aromatic rings. The van der Waals surface area contributed by atoms with Gasteiger partial charge < -0.3 is 10.3 Å². The van der Waals surface area contributed by atoms with Crippen LogP contribution in [-0.4, -0.2) is 11.0 Å². The SMILES string of the molecule is C1=CCC(NCc2ccc[nH]2)C1. The number of hydrogen-bond donors (Lipinski definition) is 2. The maximum atomic E-state index is 3.49. The molecule has 12 heavy (non-hydrogen) atoms. The molecule has 2 heteroatoms. The molecule has 1 aliphatic rings. The van der Waals surface area contributed by atoms with E-state index in [0.717, 1.165) is 6.54 Å². The van der Waals surface area contributed by atoms with Crippen LogP contribution in [0.3, 0.4) is 0 Å². The second-order valence-electron chi connectivity index (χ2n) is 3.22. The van der Waals surface area contributed by atoms with Crippen molar-refractivity contribution in [1.82, 2.24) is 10.3 Å². The highest BCUT2D eigenvalue weighted by atomic mass is 14.9. The number of H-pyrrole nitrogens is 1. The number of aromatic amines is 1. The van der Waals surface area contributed by atoms with Crippen molar-refractivity contribution in [1.29, 1.82) is 0 Å². The monoisotopic (exact) mass is 162 g/mol. The Balaban J connectivity index is 1.75. The number of aromatic nitrogens is 1. The van der Waals surface area contributed by atoms with Crippen molar-refractivity contribution in [3.63, 3.8) is 0 Å². The molecular weight excluding hydrogens is 148 g/mol. The van der Waals surface area contributed by atoms with Gasteiger partial charge in [-0.25, -0.2) is 0 Å². The summed E-state index contributed by atoms with van der Waals surface area (Å²) < 4.78 is 0. The van der Waals surface area contributed by atoms with E-state index in [1.165, 1.54) is 18.5 Å². The lowest BCUT2D eigenvalue weighted by atomic mass is 10.2. The van der Waals surface area contributed by atoms with Crippen molar-refractivity contribution in [2.24, 2.45) is 0 Å². The van der Waals surface area contributed by atoms with Gasteiger partial charge in [0, 0.05) is 24.5 Å². The first-order chi connectivity index (χ1) is 5.95. The molecule has 0 saturated carbocycles. The van der Waals surface area contributed by atoms with Crippen molar-refractivity contribution in [2.75, 3.05) is 0 Å². The van der Waals surface area contributed by atoms with E-state index < -0.39 is 0 Å². The number of nitrogens with one attached hydrogen (secondary N) is 2. The third kappa shape index (κ3) is 1.77. The summed E-state index contributed by atoms with van der Waals surface area (Å²) in [7, 11) is 0. The van der Waals surface area contributed by atoms with Gasteiger partial charge in [0.15, 0.2) is 0 Å². The predicted octanol–water partition coefficient (Wildman–Crippen LogP) is 1.82. The average molecular weight is 162 g/mol. The minimum Gasteiger partial charge on any atom is -0.364 e. The van der Waals surface area contributed by atoms with E-state index in [4.69, 9.17) is 0 Å².